The van der Waals surface area contributed by atoms with Crippen LogP contribution in [0.3, 0.4) is 0 Å². The Morgan fingerprint density at radius 3 is 2.85 bits per heavy atom. The Morgan fingerprint density at radius 1 is 1.19 bits per heavy atom. The molecular weight excluding hydrogens is 333 g/mol. The van der Waals surface area contributed by atoms with Gasteiger partial charge in [0.25, 0.3) is 0 Å². The molecule has 0 aliphatic carbocycles. The van der Waals surface area contributed by atoms with E-state index in [2.05, 4.69) is 9.97 Å². The number of aromatic nitrogens is 2. The number of benzene rings is 1. The monoisotopic (exact) mass is 347 g/mol. The smallest absolute Gasteiger partial charge is 0.235 e. The zero-order chi connectivity index (χ0) is 18.1. The normalized spacial score (nSPS) is 19.9. The summed E-state index contributed by atoms with van der Waals surface area (Å²) >= 11 is 0. The molecule has 0 N–H and O–H groups in total. The third-order valence-electron chi connectivity index (χ3n) is 4.56. The molecular formula is C19H14FN5O. The van der Waals surface area contributed by atoms with Crippen LogP contribution in [0.15, 0.2) is 40.9 Å². The van der Waals surface area contributed by atoms with E-state index in [1.54, 1.807) is 30.5 Å². The molecule has 1 saturated heterocycles. The van der Waals surface area contributed by atoms with Crippen LogP contribution in [0.5, 0.6) is 0 Å². The van der Waals surface area contributed by atoms with Crippen LogP contribution in [0.4, 0.5) is 4.39 Å². The second-order valence-electron chi connectivity index (χ2n) is 6.33. The van der Waals surface area contributed by atoms with E-state index >= 15 is 4.39 Å². The van der Waals surface area contributed by atoms with Crippen LogP contribution >= 0.6 is 0 Å². The van der Waals surface area contributed by atoms with Crippen molar-refractivity contribution in [1.29, 1.82) is 10.5 Å². The van der Waals surface area contributed by atoms with Crippen molar-refractivity contribution < 1.29 is 8.81 Å². The summed E-state index contributed by atoms with van der Waals surface area (Å²) in [6.45, 7) is 0.509. The number of hydrogen-bond acceptors (Lipinski definition) is 6. The van der Waals surface area contributed by atoms with Crippen molar-refractivity contribution in [2.24, 2.45) is 0 Å². The van der Waals surface area contributed by atoms with E-state index < -0.39 is 5.67 Å². The number of piperidine rings is 1. The number of likely N-dealkylation sites (tertiary alicyclic amines) is 1. The Hall–Kier alpha value is -3.45. The Kier molecular flexibility index (Phi) is 3.78. The summed E-state index contributed by atoms with van der Waals surface area (Å²) in [5.74, 6) is 0.0112. The van der Waals surface area contributed by atoms with Crippen molar-refractivity contribution in [3.63, 3.8) is 0 Å². The van der Waals surface area contributed by atoms with Gasteiger partial charge in [0.15, 0.2) is 11.8 Å². The number of rotatable bonds is 2. The van der Waals surface area contributed by atoms with Crippen LogP contribution < -0.4 is 0 Å². The molecule has 0 amide bonds. The van der Waals surface area contributed by atoms with Gasteiger partial charge in [0, 0.05) is 12.7 Å². The molecule has 2 aromatic heterocycles. The fraction of sp³-hybridized carbons (Fsp3) is 0.263. The van der Waals surface area contributed by atoms with Crippen molar-refractivity contribution in [2.75, 3.05) is 13.1 Å². The molecule has 4 rings (SSSR count). The number of pyridine rings is 1. The molecule has 3 heterocycles. The number of oxazole rings is 1. The van der Waals surface area contributed by atoms with Crippen LogP contribution in [-0.2, 0) is 5.67 Å². The van der Waals surface area contributed by atoms with Gasteiger partial charge >= 0.3 is 0 Å². The minimum absolute atomic E-state index is 0.0112. The molecule has 1 unspecified atom stereocenters. The molecule has 6 nitrogen and oxygen atoms in total. The molecule has 1 atom stereocenters. The summed E-state index contributed by atoms with van der Waals surface area (Å²) in [6, 6.07) is 10.9. The van der Waals surface area contributed by atoms with Gasteiger partial charge in [-0.3, -0.25) is 0 Å². The maximum atomic E-state index is 15.3. The first-order chi connectivity index (χ1) is 12.6. The topological polar surface area (TPSA) is 89.7 Å². The van der Waals surface area contributed by atoms with Gasteiger partial charge in [-0.1, -0.05) is 6.07 Å². The van der Waals surface area contributed by atoms with E-state index in [9.17, 15) is 0 Å². The highest BCUT2D eigenvalue weighted by molar-refractivity contribution is 5.80. The first-order valence-electron chi connectivity index (χ1n) is 8.22. The zero-order valence-electron chi connectivity index (χ0n) is 13.8. The molecule has 0 spiro atoms. The highest BCUT2D eigenvalue weighted by Crippen LogP contribution is 2.37. The molecule has 7 heteroatoms. The quantitative estimate of drug-likeness (QED) is 0.659. The standard InChI is InChI=1S/C19H14FN5O/c20-19(5-1-7-25(11-19)12-22)18-24-16-9-13(2-3-17(16)26-18)14-4-6-23-15(8-14)10-21/h2-4,6,8-9H,1,5,7,11H2. The number of hydrogen-bond donors (Lipinski definition) is 0. The van der Waals surface area contributed by atoms with E-state index in [1.807, 2.05) is 18.3 Å². The number of nitriles is 2. The zero-order valence-corrected chi connectivity index (χ0v) is 13.8. The molecule has 0 bridgehead atoms. The van der Waals surface area contributed by atoms with E-state index in [4.69, 9.17) is 14.9 Å². The third kappa shape index (κ3) is 2.74. The molecule has 1 aliphatic heterocycles. The van der Waals surface area contributed by atoms with E-state index in [-0.39, 0.29) is 18.9 Å². The van der Waals surface area contributed by atoms with Gasteiger partial charge in [-0.25, -0.2) is 14.4 Å². The average Bonchev–Trinajstić information content (AvgIpc) is 3.12. The van der Waals surface area contributed by atoms with Gasteiger partial charge in [-0.05, 0) is 48.2 Å². The van der Waals surface area contributed by atoms with Crippen LogP contribution in [-0.4, -0.2) is 28.0 Å². The summed E-state index contributed by atoms with van der Waals surface area (Å²) in [7, 11) is 0. The minimum atomic E-state index is -1.77. The van der Waals surface area contributed by atoms with Gasteiger partial charge < -0.3 is 9.32 Å². The number of halogens is 1. The van der Waals surface area contributed by atoms with E-state index in [0.717, 1.165) is 11.1 Å². The molecule has 1 aromatic carbocycles. The SMILES string of the molecule is N#Cc1cc(-c2ccc3oc(C4(F)CCCN(C#N)C4)nc3c2)ccn1. The minimum Gasteiger partial charge on any atom is -0.437 e. The summed E-state index contributed by atoms with van der Waals surface area (Å²) in [6.07, 6.45) is 4.42. The van der Waals surface area contributed by atoms with Crippen LogP contribution in [0.2, 0.25) is 0 Å². The van der Waals surface area contributed by atoms with Crippen molar-refractivity contribution in [3.8, 4) is 23.4 Å². The van der Waals surface area contributed by atoms with Crippen molar-refractivity contribution in [3.05, 3.63) is 48.1 Å². The fourth-order valence-corrected chi connectivity index (χ4v) is 3.24. The molecule has 0 saturated carbocycles. The highest BCUT2D eigenvalue weighted by atomic mass is 19.1. The second-order valence-corrected chi connectivity index (χ2v) is 6.33. The third-order valence-corrected chi connectivity index (χ3v) is 4.56. The Balaban J connectivity index is 1.72. The van der Waals surface area contributed by atoms with Gasteiger partial charge in [-0.2, -0.15) is 10.5 Å². The van der Waals surface area contributed by atoms with Gasteiger partial charge in [-0.15, -0.1) is 0 Å². The first kappa shape index (κ1) is 16.0. The highest BCUT2D eigenvalue weighted by Gasteiger charge is 2.41. The van der Waals surface area contributed by atoms with Crippen LogP contribution in [0, 0.1) is 22.8 Å². The van der Waals surface area contributed by atoms with Gasteiger partial charge in [0.05, 0.1) is 6.54 Å². The predicted octanol–water partition coefficient (Wildman–Crippen LogP) is 3.50. The van der Waals surface area contributed by atoms with Crippen LogP contribution in [0.1, 0.15) is 24.4 Å². The second kappa shape index (κ2) is 6.12. The summed E-state index contributed by atoms with van der Waals surface area (Å²) in [5.41, 5.74) is 1.25. The number of alkyl halides is 1. The Labute approximate surface area is 149 Å². The van der Waals surface area contributed by atoms with Gasteiger partial charge in [0.2, 0.25) is 11.6 Å². The molecule has 1 fully saturated rings. The largest absolute Gasteiger partial charge is 0.437 e. The predicted molar refractivity (Wildman–Crippen MR) is 91.2 cm³/mol. The van der Waals surface area contributed by atoms with Crippen molar-refractivity contribution >= 4 is 11.1 Å². The van der Waals surface area contributed by atoms with E-state index in [1.165, 1.54) is 4.90 Å². The molecule has 3 aromatic rings. The van der Waals surface area contributed by atoms with E-state index in [0.29, 0.717) is 29.8 Å². The molecule has 1 aliphatic rings. The lowest BCUT2D eigenvalue weighted by atomic mass is 9.95. The lowest BCUT2D eigenvalue weighted by Gasteiger charge is -2.31. The molecule has 26 heavy (non-hydrogen) atoms. The lowest BCUT2D eigenvalue weighted by Crippen LogP contribution is -2.41. The van der Waals surface area contributed by atoms with Crippen molar-refractivity contribution in [2.45, 2.75) is 18.5 Å². The number of fused-ring (bicyclic) bond motifs is 1. The fourth-order valence-electron chi connectivity index (χ4n) is 3.24. The molecule has 0 radical (unpaired) electrons. The van der Waals surface area contributed by atoms with Crippen molar-refractivity contribution in [1.82, 2.24) is 14.9 Å². The summed E-state index contributed by atoms with van der Waals surface area (Å²) in [5, 5.41) is 18.0. The first-order valence-corrected chi connectivity index (χ1v) is 8.22. The lowest BCUT2D eigenvalue weighted by molar-refractivity contribution is 0.0451. The maximum Gasteiger partial charge on any atom is 0.235 e. The maximum absolute atomic E-state index is 15.3. The Bertz CT molecular complexity index is 1060. The number of nitrogens with zero attached hydrogens (tertiary/aromatic N) is 5. The molecule has 128 valence electrons. The van der Waals surface area contributed by atoms with Crippen LogP contribution in [0.25, 0.3) is 22.2 Å². The summed E-state index contributed by atoms with van der Waals surface area (Å²) < 4.78 is 21.0. The summed E-state index contributed by atoms with van der Waals surface area (Å²) in [4.78, 5) is 9.70. The average molecular weight is 347 g/mol. The Morgan fingerprint density at radius 2 is 2.04 bits per heavy atom. The van der Waals surface area contributed by atoms with Gasteiger partial charge in [0.1, 0.15) is 17.3 Å².